The van der Waals surface area contributed by atoms with Gasteiger partial charge in [0.05, 0.1) is 12.4 Å². The van der Waals surface area contributed by atoms with E-state index in [1.807, 2.05) is 12.1 Å². The smallest absolute Gasteiger partial charge is 0.153 e. The number of nitrogens with zero attached hydrogens (tertiary/aromatic N) is 2. The zero-order chi connectivity index (χ0) is 7.52. The third kappa shape index (κ3) is 1.12. The summed E-state index contributed by atoms with van der Waals surface area (Å²) in [5.41, 5.74) is 0.762. The van der Waals surface area contributed by atoms with Crippen molar-refractivity contribution in [1.29, 1.82) is 0 Å². The van der Waals surface area contributed by atoms with Crippen molar-refractivity contribution in [2.45, 2.75) is 0 Å². The van der Waals surface area contributed by atoms with Gasteiger partial charge in [-0.15, -0.1) is 0 Å². The van der Waals surface area contributed by atoms with Crippen LogP contribution < -0.4 is 4.74 Å². The first kappa shape index (κ1) is 6.09. The van der Waals surface area contributed by atoms with Crippen molar-refractivity contribution in [3.05, 3.63) is 36.5 Å². The molecule has 0 N–H and O–H groups in total. The molecule has 11 heavy (non-hydrogen) atoms. The molecule has 0 radical (unpaired) electrons. The highest BCUT2D eigenvalue weighted by Gasteiger charge is 2.00. The van der Waals surface area contributed by atoms with Crippen molar-refractivity contribution in [3.8, 4) is 5.75 Å². The van der Waals surface area contributed by atoms with Gasteiger partial charge >= 0.3 is 0 Å². The Labute approximate surface area is 64.1 Å². The van der Waals surface area contributed by atoms with Crippen molar-refractivity contribution in [2.75, 3.05) is 0 Å². The van der Waals surface area contributed by atoms with E-state index in [1.165, 1.54) is 6.26 Å². The summed E-state index contributed by atoms with van der Waals surface area (Å²) < 4.78 is 5.18. The fourth-order valence-electron chi connectivity index (χ4n) is 0.852. The van der Waals surface area contributed by atoms with Crippen LogP contribution in [0.15, 0.2) is 35.8 Å². The lowest BCUT2D eigenvalue weighted by Gasteiger charge is -1.98. The molecule has 0 saturated carbocycles. The van der Waals surface area contributed by atoms with E-state index in [2.05, 4.69) is 9.98 Å². The minimum absolute atomic E-state index is 0.741. The molecule has 0 spiro atoms. The van der Waals surface area contributed by atoms with Gasteiger partial charge in [-0.1, -0.05) is 0 Å². The Morgan fingerprint density at radius 3 is 3.36 bits per heavy atom. The van der Waals surface area contributed by atoms with Gasteiger partial charge in [0.2, 0.25) is 0 Å². The van der Waals surface area contributed by atoms with Gasteiger partial charge in [-0.2, -0.15) is 0 Å². The van der Waals surface area contributed by atoms with Crippen molar-refractivity contribution < 1.29 is 4.74 Å². The molecule has 1 aliphatic rings. The van der Waals surface area contributed by atoms with E-state index in [-0.39, 0.29) is 0 Å². The van der Waals surface area contributed by atoms with E-state index in [9.17, 15) is 0 Å². The van der Waals surface area contributed by atoms with E-state index in [0.29, 0.717) is 0 Å². The molecule has 0 aromatic carbocycles. The predicted molar refractivity (Wildman–Crippen MR) is 41.6 cm³/mol. The van der Waals surface area contributed by atoms with Gasteiger partial charge in [-0.25, -0.2) is 0 Å². The van der Waals surface area contributed by atoms with Gasteiger partial charge in [0.25, 0.3) is 0 Å². The highest BCUT2D eigenvalue weighted by atomic mass is 16.5. The van der Waals surface area contributed by atoms with Crippen LogP contribution in [-0.4, -0.2) is 11.2 Å². The molecule has 2 heterocycles. The first-order chi connectivity index (χ1) is 5.47. The summed E-state index contributed by atoms with van der Waals surface area (Å²) in [4.78, 5) is 7.98. The van der Waals surface area contributed by atoms with Crippen LogP contribution in [0, 0.1) is 0 Å². The van der Waals surface area contributed by atoms with Crippen LogP contribution in [0.25, 0.3) is 0 Å². The predicted octanol–water partition coefficient (Wildman–Crippen LogP) is 1.36. The standard InChI is InChI=1S/C8H6N2O/c1-2-8-7(10-3-1)6-9-4-5-11-8/h1-6H. The molecule has 0 bridgehead atoms. The van der Waals surface area contributed by atoms with E-state index < -0.39 is 0 Å². The quantitative estimate of drug-likeness (QED) is 0.554. The van der Waals surface area contributed by atoms with Gasteiger partial charge in [0.15, 0.2) is 5.75 Å². The number of rotatable bonds is 0. The van der Waals surface area contributed by atoms with Crippen LogP contribution in [0.1, 0.15) is 5.69 Å². The lowest BCUT2D eigenvalue weighted by atomic mass is 10.3. The third-order valence-corrected chi connectivity index (χ3v) is 1.34. The number of aromatic nitrogens is 1. The Morgan fingerprint density at radius 1 is 1.36 bits per heavy atom. The van der Waals surface area contributed by atoms with Gasteiger partial charge < -0.3 is 4.74 Å². The number of hydrogen-bond donors (Lipinski definition) is 0. The number of pyridine rings is 1. The SMILES string of the molecule is C1=COc2cccnc2C=N1. The summed E-state index contributed by atoms with van der Waals surface area (Å²) in [6, 6.07) is 3.68. The van der Waals surface area contributed by atoms with E-state index in [0.717, 1.165) is 11.4 Å². The Morgan fingerprint density at radius 2 is 2.36 bits per heavy atom. The molecule has 0 fully saturated rings. The summed E-state index contributed by atoms with van der Waals surface area (Å²) in [6.07, 6.45) is 6.49. The molecule has 1 aromatic heterocycles. The number of hydrogen-bond acceptors (Lipinski definition) is 3. The average molecular weight is 146 g/mol. The minimum atomic E-state index is 0.741. The summed E-state index contributed by atoms with van der Waals surface area (Å²) in [5, 5.41) is 0. The van der Waals surface area contributed by atoms with Crippen LogP contribution in [0.3, 0.4) is 0 Å². The summed E-state index contributed by atoms with van der Waals surface area (Å²) in [5.74, 6) is 0.741. The minimum Gasteiger partial charge on any atom is -0.461 e. The topological polar surface area (TPSA) is 34.5 Å². The largest absolute Gasteiger partial charge is 0.461 e. The Kier molecular flexibility index (Phi) is 1.41. The third-order valence-electron chi connectivity index (χ3n) is 1.34. The molecule has 54 valence electrons. The second-order valence-corrected chi connectivity index (χ2v) is 2.07. The number of ether oxygens (including phenoxy) is 1. The molecule has 0 saturated heterocycles. The normalized spacial score (nSPS) is 13.5. The van der Waals surface area contributed by atoms with Gasteiger partial charge in [-0.3, -0.25) is 9.98 Å². The van der Waals surface area contributed by atoms with E-state index in [4.69, 9.17) is 4.74 Å². The van der Waals surface area contributed by atoms with Crippen molar-refractivity contribution >= 4 is 6.21 Å². The van der Waals surface area contributed by atoms with Crippen molar-refractivity contribution in [1.82, 2.24) is 4.98 Å². The molecule has 2 rings (SSSR count). The molecule has 3 nitrogen and oxygen atoms in total. The molecule has 0 aliphatic carbocycles. The molecule has 3 heteroatoms. The highest BCUT2D eigenvalue weighted by molar-refractivity contribution is 5.81. The fourth-order valence-corrected chi connectivity index (χ4v) is 0.852. The molecule has 1 aromatic rings. The highest BCUT2D eigenvalue weighted by Crippen LogP contribution is 2.14. The first-order valence-corrected chi connectivity index (χ1v) is 3.27. The lowest BCUT2D eigenvalue weighted by molar-refractivity contribution is 0.478. The van der Waals surface area contributed by atoms with Gasteiger partial charge in [0, 0.05) is 6.20 Å². The van der Waals surface area contributed by atoms with Crippen LogP contribution in [0.2, 0.25) is 0 Å². The Balaban J connectivity index is 2.52. The summed E-state index contributed by atoms with van der Waals surface area (Å²) in [7, 11) is 0. The molecule has 1 aliphatic heterocycles. The zero-order valence-electron chi connectivity index (χ0n) is 5.77. The van der Waals surface area contributed by atoms with E-state index in [1.54, 1.807) is 18.6 Å². The van der Waals surface area contributed by atoms with Gasteiger partial charge in [-0.05, 0) is 12.1 Å². The zero-order valence-corrected chi connectivity index (χ0v) is 5.77. The molecular formula is C8H6N2O. The molecule has 0 unspecified atom stereocenters. The van der Waals surface area contributed by atoms with Crippen LogP contribution >= 0.6 is 0 Å². The van der Waals surface area contributed by atoms with Crippen molar-refractivity contribution in [3.63, 3.8) is 0 Å². The summed E-state index contributed by atoms with van der Waals surface area (Å²) in [6.45, 7) is 0. The van der Waals surface area contributed by atoms with Crippen LogP contribution in [-0.2, 0) is 0 Å². The first-order valence-electron chi connectivity index (χ1n) is 3.27. The fraction of sp³-hybridized carbons (Fsp3) is 0. The van der Waals surface area contributed by atoms with Crippen LogP contribution in [0.4, 0.5) is 0 Å². The monoisotopic (exact) mass is 146 g/mol. The maximum Gasteiger partial charge on any atom is 0.153 e. The lowest BCUT2D eigenvalue weighted by Crippen LogP contribution is -1.90. The van der Waals surface area contributed by atoms with E-state index >= 15 is 0 Å². The number of aliphatic imine (C=N–C) groups is 1. The Hall–Kier alpha value is -1.64. The number of fused-ring (bicyclic) bond motifs is 1. The summed E-state index contributed by atoms with van der Waals surface area (Å²) >= 11 is 0. The molecule has 0 atom stereocenters. The maximum absolute atomic E-state index is 5.18. The molecular weight excluding hydrogens is 140 g/mol. The van der Waals surface area contributed by atoms with Crippen molar-refractivity contribution in [2.24, 2.45) is 4.99 Å². The van der Waals surface area contributed by atoms with Gasteiger partial charge in [0.1, 0.15) is 12.0 Å². The molecule has 0 amide bonds. The Bertz CT molecular complexity index is 318. The maximum atomic E-state index is 5.18. The van der Waals surface area contributed by atoms with Crippen LogP contribution in [0.5, 0.6) is 5.75 Å². The second-order valence-electron chi connectivity index (χ2n) is 2.07. The second kappa shape index (κ2) is 2.54. The average Bonchev–Trinajstić information content (AvgIpc) is 2.28.